The first-order chi connectivity index (χ1) is 11.6. The summed E-state index contributed by atoms with van der Waals surface area (Å²) in [5.74, 6) is -0.000626. The minimum absolute atomic E-state index is 0.0617. The van der Waals surface area contributed by atoms with Crippen molar-refractivity contribution >= 4 is 23.2 Å². The van der Waals surface area contributed by atoms with Crippen molar-refractivity contribution in [2.75, 3.05) is 25.0 Å². The van der Waals surface area contributed by atoms with E-state index in [1.165, 1.54) is 11.3 Å². The van der Waals surface area contributed by atoms with Crippen LogP contribution in [0.5, 0.6) is 0 Å². The average molecular weight is 348 g/mol. The van der Waals surface area contributed by atoms with Gasteiger partial charge in [-0.3, -0.25) is 4.79 Å². The number of aromatic nitrogens is 2. The summed E-state index contributed by atoms with van der Waals surface area (Å²) in [5, 5.41) is 6.96. The molecule has 1 spiro atoms. The molecule has 2 aliphatic rings. The normalized spacial score (nSPS) is 26.2. The minimum atomic E-state index is -0.460. The van der Waals surface area contributed by atoms with Crippen molar-refractivity contribution < 1.29 is 13.9 Å². The standard InChI is InChI=1S/C16H17FN4O2S/c17-12-6-18-15(19-7-12)20-13-5-16(23-8-13)2-3-21(10-16)14(22)11-1-4-24-9-11/h1,4,6-7,9,13H,2-3,5,8,10H2,(H,18,19,20)/t13-,16+/m0/s1. The molecule has 0 aromatic carbocycles. The Morgan fingerprint density at radius 3 is 3.04 bits per heavy atom. The highest BCUT2D eigenvalue weighted by Gasteiger charge is 2.47. The molecule has 4 heterocycles. The highest BCUT2D eigenvalue weighted by atomic mass is 32.1. The number of halogens is 1. The Morgan fingerprint density at radius 1 is 1.46 bits per heavy atom. The van der Waals surface area contributed by atoms with Crippen LogP contribution in [0.2, 0.25) is 0 Å². The van der Waals surface area contributed by atoms with Gasteiger partial charge in [0.05, 0.1) is 42.8 Å². The van der Waals surface area contributed by atoms with E-state index in [4.69, 9.17) is 4.74 Å². The second kappa shape index (κ2) is 6.10. The van der Waals surface area contributed by atoms with Gasteiger partial charge in [-0.1, -0.05) is 0 Å². The molecule has 2 atom stereocenters. The van der Waals surface area contributed by atoms with Gasteiger partial charge in [-0.2, -0.15) is 11.3 Å². The molecule has 1 N–H and O–H groups in total. The molecule has 2 aromatic heterocycles. The number of nitrogens with one attached hydrogen (secondary N) is 1. The van der Waals surface area contributed by atoms with Crippen molar-refractivity contribution in [1.82, 2.24) is 14.9 Å². The lowest BCUT2D eigenvalue weighted by atomic mass is 9.97. The molecule has 0 aliphatic carbocycles. The molecule has 6 nitrogen and oxygen atoms in total. The van der Waals surface area contributed by atoms with Gasteiger partial charge >= 0.3 is 0 Å². The maximum atomic E-state index is 12.9. The summed E-state index contributed by atoms with van der Waals surface area (Å²) in [6.45, 7) is 1.83. The summed E-state index contributed by atoms with van der Waals surface area (Å²) in [6, 6.07) is 1.91. The zero-order valence-electron chi connectivity index (χ0n) is 12.9. The van der Waals surface area contributed by atoms with Gasteiger partial charge in [0, 0.05) is 18.3 Å². The van der Waals surface area contributed by atoms with E-state index in [-0.39, 0.29) is 17.6 Å². The van der Waals surface area contributed by atoms with Crippen LogP contribution < -0.4 is 5.32 Å². The zero-order chi connectivity index (χ0) is 16.6. The maximum Gasteiger partial charge on any atom is 0.254 e. The Kier molecular flexibility index (Phi) is 3.93. The number of carbonyl (C=O) groups excluding carboxylic acids is 1. The van der Waals surface area contributed by atoms with E-state index >= 15 is 0 Å². The number of amides is 1. The fraction of sp³-hybridized carbons (Fsp3) is 0.438. The number of carbonyl (C=O) groups is 1. The molecule has 2 aromatic rings. The second-order valence-corrected chi connectivity index (χ2v) is 7.03. The molecule has 2 saturated heterocycles. The quantitative estimate of drug-likeness (QED) is 0.921. The first kappa shape index (κ1) is 15.5. The van der Waals surface area contributed by atoms with Gasteiger partial charge in [0.1, 0.15) is 0 Å². The third kappa shape index (κ3) is 2.99. The first-order valence-corrected chi connectivity index (χ1v) is 8.77. The van der Waals surface area contributed by atoms with Crippen molar-refractivity contribution in [2.24, 2.45) is 0 Å². The summed E-state index contributed by atoms with van der Waals surface area (Å²) in [5.41, 5.74) is 0.438. The lowest BCUT2D eigenvalue weighted by Gasteiger charge is -2.23. The Balaban J connectivity index is 1.37. The molecule has 4 rings (SSSR count). The first-order valence-electron chi connectivity index (χ1n) is 7.83. The van der Waals surface area contributed by atoms with Crippen LogP contribution in [0.3, 0.4) is 0 Å². The van der Waals surface area contributed by atoms with Crippen molar-refractivity contribution in [3.63, 3.8) is 0 Å². The van der Waals surface area contributed by atoms with E-state index in [1.54, 1.807) is 0 Å². The summed E-state index contributed by atoms with van der Waals surface area (Å²) in [4.78, 5) is 22.2. The van der Waals surface area contributed by atoms with Crippen molar-refractivity contribution in [1.29, 1.82) is 0 Å². The molecule has 2 aliphatic heterocycles. The van der Waals surface area contributed by atoms with Crippen molar-refractivity contribution in [3.8, 4) is 0 Å². The van der Waals surface area contributed by atoms with Crippen LogP contribution in [0.25, 0.3) is 0 Å². The number of hydrogen-bond donors (Lipinski definition) is 1. The van der Waals surface area contributed by atoms with Gasteiger partial charge in [0.25, 0.3) is 5.91 Å². The topological polar surface area (TPSA) is 67.4 Å². The molecular formula is C16H17FN4O2S. The second-order valence-electron chi connectivity index (χ2n) is 6.25. The fourth-order valence-electron chi connectivity index (χ4n) is 3.38. The van der Waals surface area contributed by atoms with Gasteiger partial charge in [0.2, 0.25) is 5.95 Å². The zero-order valence-corrected chi connectivity index (χ0v) is 13.8. The SMILES string of the molecule is O=C(c1ccsc1)N1CC[C@@]2(C[C@H](Nc3ncc(F)cn3)CO2)C1. The van der Waals surface area contributed by atoms with E-state index in [0.717, 1.165) is 30.8 Å². The van der Waals surface area contributed by atoms with Gasteiger partial charge in [-0.05, 0) is 17.9 Å². The van der Waals surface area contributed by atoms with Crippen LogP contribution >= 0.6 is 11.3 Å². The van der Waals surface area contributed by atoms with Gasteiger partial charge < -0.3 is 15.0 Å². The largest absolute Gasteiger partial charge is 0.371 e. The van der Waals surface area contributed by atoms with Crippen molar-refractivity contribution in [3.05, 3.63) is 40.6 Å². The minimum Gasteiger partial charge on any atom is -0.371 e. The average Bonchev–Trinajstić information content (AvgIpc) is 3.32. The predicted octanol–water partition coefficient (Wildman–Crippen LogP) is 2.16. The number of rotatable bonds is 3. The highest BCUT2D eigenvalue weighted by molar-refractivity contribution is 7.08. The number of thiophene rings is 1. The predicted molar refractivity (Wildman–Crippen MR) is 87.5 cm³/mol. The number of ether oxygens (including phenoxy) is 1. The van der Waals surface area contributed by atoms with Crippen LogP contribution in [-0.2, 0) is 4.74 Å². The third-order valence-electron chi connectivity index (χ3n) is 4.53. The van der Waals surface area contributed by atoms with Crippen LogP contribution in [0.1, 0.15) is 23.2 Å². The van der Waals surface area contributed by atoms with E-state index in [2.05, 4.69) is 15.3 Å². The number of likely N-dealkylation sites (tertiary alicyclic amines) is 1. The smallest absolute Gasteiger partial charge is 0.254 e. The summed E-state index contributed by atoms with van der Waals surface area (Å²) in [7, 11) is 0. The number of nitrogens with zero attached hydrogens (tertiary/aromatic N) is 3. The number of hydrogen-bond acceptors (Lipinski definition) is 6. The Hall–Kier alpha value is -2.06. The molecule has 0 saturated carbocycles. The Morgan fingerprint density at radius 2 is 2.29 bits per heavy atom. The molecule has 8 heteroatoms. The van der Waals surface area contributed by atoms with Crippen LogP contribution in [0.4, 0.5) is 10.3 Å². The number of anilines is 1. The highest BCUT2D eigenvalue weighted by Crippen LogP contribution is 2.36. The monoisotopic (exact) mass is 348 g/mol. The molecule has 1 amide bonds. The van der Waals surface area contributed by atoms with E-state index < -0.39 is 5.82 Å². The Labute approximate surface area is 142 Å². The molecule has 0 radical (unpaired) electrons. The van der Waals surface area contributed by atoms with E-state index in [9.17, 15) is 9.18 Å². The summed E-state index contributed by atoms with van der Waals surface area (Å²) in [6.07, 6.45) is 3.88. The fourth-order valence-corrected chi connectivity index (χ4v) is 4.01. The Bertz CT molecular complexity index is 724. The third-order valence-corrected chi connectivity index (χ3v) is 5.22. The lowest BCUT2D eigenvalue weighted by molar-refractivity contribution is 0.0125. The lowest BCUT2D eigenvalue weighted by Crippen LogP contribution is -2.36. The van der Waals surface area contributed by atoms with Crippen LogP contribution in [-0.4, -0.2) is 52.1 Å². The molecular weight excluding hydrogens is 331 g/mol. The summed E-state index contributed by atoms with van der Waals surface area (Å²) < 4.78 is 18.9. The van der Waals surface area contributed by atoms with E-state index in [0.29, 0.717) is 25.6 Å². The molecule has 2 fully saturated rings. The van der Waals surface area contributed by atoms with E-state index in [1.807, 2.05) is 21.7 Å². The van der Waals surface area contributed by atoms with Crippen LogP contribution in [0, 0.1) is 5.82 Å². The molecule has 0 bridgehead atoms. The van der Waals surface area contributed by atoms with Gasteiger partial charge in [-0.25, -0.2) is 14.4 Å². The molecule has 24 heavy (non-hydrogen) atoms. The van der Waals surface area contributed by atoms with Gasteiger partial charge in [0.15, 0.2) is 5.82 Å². The maximum absolute atomic E-state index is 12.9. The molecule has 126 valence electrons. The molecule has 0 unspecified atom stereocenters. The van der Waals surface area contributed by atoms with Crippen molar-refractivity contribution in [2.45, 2.75) is 24.5 Å². The van der Waals surface area contributed by atoms with Crippen LogP contribution in [0.15, 0.2) is 29.2 Å². The van der Waals surface area contributed by atoms with Gasteiger partial charge in [-0.15, -0.1) is 0 Å². The summed E-state index contributed by atoms with van der Waals surface area (Å²) >= 11 is 1.52.